The Labute approximate surface area is 99.0 Å². The smallest absolute Gasteiger partial charge is 0.0454 e. The van der Waals surface area contributed by atoms with E-state index in [0.29, 0.717) is 10.0 Å². The normalized spacial score (nSPS) is 12.9. The molecule has 1 aromatic rings. The molecule has 0 aliphatic carbocycles. The van der Waals surface area contributed by atoms with Crippen LogP contribution < -0.4 is 5.73 Å². The van der Waals surface area contributed by atoms with Gasteiger partial charge >= 0.3 is 0 Å². The van der Waals surface area contributed by atoms with Crippen LogP contribution in [-0.2, 0) is 0 Å². The zero-order valence-corrected chi connectivity index (χ0v) is 10.3. The first-order valence-electron chi connectivity index (χ1n) is 4.34. The van der Waals surface area contributed by atoms with Crippen LogP contribution in [0.5, 0.6) is 0 Å². The monoisotopic (exact) mass is 249 g/mol. The van der Waals surface area contributed by atoms with E-state index in [9.17, 15) is 0 Å². The van der Waals surface area contributed by atoms with E-state index >= 15 is 0 Å². The lowest BCUT2D eigenvalue weighted by molar-refractivity contribution is 0.706. The molecule has 78 valence electrons. The van der Waals surface area contributed by atoms with E-state index in [1.807, 2.05) is 6.07 Å². The van der Waals surface area contributed by atoms with Crippen LogP contribution in [0.3, 0.4) is 0 Å². The Kier molecular flexibility index (Phi) is 5.10. The fourth-order valence-corrected chi connectivity index (χ4v) is 2.13. The van der Waals surface area contributed by atoms with Crippen molar-refractivity contribution in [2.75, 3.05) is 12.0 Å². The van der Waals surface area contributed by atoms with E-state index in [1.54, 1.807) is 23.9 Å². The van der Waals surface area contributed by atoms with Crippen LogP contribution in [0, 0.1) is 0 Å². The molecule has 0 saturated heterocycles. The molecule has 0 heterocycles. The van der Waals surface area contributed by atoms with Gasteiger partial charge in [0.2, 0.25) is 0 Å². The highest BCUT2D eigenvalue weighted by molar-refractivity contribution is 7.98. The average molecular weight is 250 g/mol. The van der Waals surface area contributed by atoms with Crippen LogP contribution >= 0.6 is 35.0 Å². The fourth-order valence-electron chi connectivity index (χ4n) is 1.20. The third-order valence-corrected chi connectivity index (χ3v) is 3.21. The molecule has 4 heteroatoms. The van der Waals surface area contributed by atoms with Gasteiger partial charge in [-0.1, -0.05) is 23.2 Å². The van der Waals surface area contributed by atoms with Crippen LogP contribution in [0.2, 0.25) is 10.0 Å². The second-order valence-corrected chi connectivity index (χ2v) is 4.88. The minimum absolute atomic E-state index is 0.0198. The molecule has 0 radical (unpaired) electrons. The van der Waals surface area contributed by atoms with Gasteiger partial charge in [-0.15, -0.1) is 0 Å². The molecular weight excluding hydrogens is 237 g/mol. The van der Waals surface area contributed by atoms with E-state index in [2.05, 4.69) is 6.26 Å². The number of hydrogen-bond donors (Lipinski definition) is 1. The van der Waals surface area contributed by atoms with E-state index < -0.39 is 0 Å². The van der Waals surface area contributed by atoms with Gasteiger partial charge < -0.3 is 5.73 Å². The van der Waals surface area contributed by atoms with Crippen molar-refractivity contribution in [1.82, 2.24) is 0 Å². The zero-order chi connectivity index (χ0) is 10.6. The molecule has 1 nitrogen and oxygen atoms in total. The standard InChI is InChI=1S/C10H13Cl2NS/c1-14-5-4-10(13)8-6-7(11)2-3-9(8)12/h2-3,6,10H,4-5,13H2,1H3. The minimum Gasteiger partial charge on any atom is -0.324 e. The van der Waals surface area contributed by atoms with Crippen molar-refractivity contribution in [3.8, 4) is 0 Å². The molecule has 14 heavy (non-hydrogen) atoms. The van der Waals surface area contributed by atoms with Crippen molar-refractivity contribution >= 4 is 35.0 Å². The Hall–Kier alpha value is 0.110. The van der Waals surface area contributed by atoms with Gasteiger partial charge in [-0.3, -0.25) is 0 Å². The second kappa shape index (κ2) is 5.86. The average Bonchev–Trinajstić information content (AvgIpc) is 2.18. The Morgan fingerprint density at radius 1 is 1.43 bits per heavy atom. The van der Waals surface area contributed by atoms with E-state index in [0.717, 1.165) is 17.7 Å². The molecule has 0 bridgehead atoms. The van der Waals surface area contributed by atoms with E-state index in [-0.39, 0.29) is 6.04 Å². The van der Waals surface area contributed by atoms with Crippen LogP contribution in [0.25, 0.3) is 0 Å². The van der Waals surface area contributed by atoms with Crippen LogP contribution in [0.15, 0.2) is 18.2 Å². The Morgan fingerprint density at radius 2 is 2.14 bits per heavy atom. The molecule has 0 spiro atoms. The van der Waals surface area contributed by atoms with Gasteiger partial charge in [-0.05, 0) is 42.2 Å². The van der Waals surface area contributed by atoms with Gasteiger partial charge in [0.1, 0.15) is 0 Å². The number of hydrogen-bond acceptors (Lipinski definition) is 2. The predicted molar refractivity (Wildman–Crippen MR) is 66.4 cm³/mol. The minimum atomic E-state index is -0.0198. The SMILES string of the molecule is CSCCC(N)c1cc(Cl)ccc1Cl. The van der Waals surface area contributed by atoms with Crippen molar-refractivity contribution in [3.05, 3.63) is 33.8 Å². The molecule has 0 fully saturated rings. The number of thioether (sulfide) groups is 1. The number of rotatable bonds is 4. The van der Waals surface area contributed by atoms with Crippen molar-refractivity contribution < 1.29 is 0 Å². The molecule has 0 saturated carbocycles. The summed E-state index contributed by atoms with van der Waals surface area (Å²) in [5.74, 6) is 1.03. The maximum absolute atomic E-state index is 6.02. The van der Waals surface area contributed by atoms with Crippen molar-refractivity contribution in [1.29, 1.82) is 0 Å². The summed E-state index contributed by atoms with van der Waals surface area (Å²) in [6, 6.07) is 5.38. The quantitative estimate of drug-likeness (QED) is 0.880. The fraction of sp³-hybridized carbons (Fsp3) is 0.400. The van der Waals surface area contributed by atoms with Gasteiger partial charge in [0.25, 0.3) is 0 Å². The summed E-state index contributed by atoms with van der Waals surface area (Å²) >= 11 is 13.7. The highest BCUT2D eigenvalue weighted by Crippen LogP contribution is 2.27. The highest BCUT2D eigenvalue weighted by atomic mass is 35.5. The maximum atomic E-state index is 6.02. The predicted octanol–water partition coefficient (Wildman–Crippen LogP) is 3.75. The van der Waals surface area contributed by atoms with Crippen molar-refractivity contribution in [2.45, 2.75) is 12.5 Å². The first-order valence-corrected chi connectivity index (χ1v) is 6.49. The van der Waals surface area contributed by atoms with Crippen LogP contribution in [0.1, 0.15) is 18.0 Å². The van der Waals surface area contributed by atoms with Gasteiger partial charge in [0, 0.05) is 16.1 Å². The van der Waals surface area contributed by atoms with E-state index in [4.69, 9.17) is 28.9 Å². The van der Waals surface area contributed by atoms with Crippen molar-refractivity contribution in [2.24, 2.45) is 5.73 Å². The lowest BCUT2D eigenvalue weighted by Gasteiger charge is -2.13. The second-order valence-electron chi connectivity index (χ2n) is 3.05. The molecule has 0 aromatic heterocycles. The first kappa shape index (κ1) is 12.2. The molecule has 2 N–H and O–H groups in total. The zero-order valence-electron chi connectivity index (χ0n) is 7.97. The molecule has 1 aromatic carbocycles. The molecule has 1 atom stereocenters. The van der Waals surface area contributed by atoms with Gasteiger partial charge in [-0.2, -0.15) is 11.8 Å². The number of halogens is 2. The first-order chi connectivity index (χ1) is 6.65. The molecule has 1 unspecified atom stereocenters. The maximum Gasteiger partial charge on any atom is 0.0454 e. The third-order valence-electron chi connectivity index (χ3n) is 1.99. The largest absolute Gasteiger partial charge is 0.324 e. The van der Waals surface area contributed by atoms with Gasteiger partial charge in [-0.25, -0.2) is 0 Å². The molecule has 0 amide bonds. The number of benzene rings is 1. The summed E-state index contributed by atoms with van der Waals surface area (Å²) in [5, 5.41) is 1.38. The molecular formula is C10H13Cl2NS. The summed E-state index contributed by atoms with van der Waals surface area (Å²) in [7, 11) is 0. The Morgan fingerprint density at radius 3 is 2.79 bits per heavy atom. The molecule has 0 aliphatic heterocycles. The summed E-state index contributed by atoms with van der Waals surface area (Å²) < 4.78 is 0. The topological polar surface area (TPSA) is 26.0 Å². The van der Waals surface area contributed by atoms with E-state index in [1.165, 1.54) is 0 Å². The van der Waals surface area contributed by atoms with Gasteiger partial charge in [0.15, 0.2) is 0 Å². The highest BCUT2D eigenvalue weighted by Gasteiger charge is 2.09. The molecule has 1 rings (SSSR count). The van der Waals surface area contributed by atoms with Gasteiger partial charge in [0.05, 0.1) is 0 Å². The Bertz CT molecular complexity index is 304. The summed E-state index contributed by atoms with van der Waals surface area (Å²) in [5.41, 5.74) is 6.93. The lowest BCUT2D eigenvalue weighted by Crippen LogP contribution is -2.11. The summed E-state index contributed by atoms with van der Waals surface area (Å²) in [4.78, 5) is 0. The van der Waals surface area contributed by atoms with Crippen molar-refractivity contribution in [3.63, 3.8) is 0 Å². The lowest BCUT2D eigenvalue weighted by atomic mass is 10.1. The summed E-state index contributed by atoms with van der Waals surface area (Å²) in [6.07, 6.45) is 2.98. The number of nitrogens with two attached hydrogens (primary N) is 1. The van der Waals surface area contributed by atoms with Crippen LogP contribution in [-0.4, -0.2) is 12.0 Å². The summed E-state index contributed by atoms with van der Waals surface area (Å²) in [6.45, 7) is 0. The third kappa shape index (κ3) is 3.35. The van der Waals surface area contributed by atoms with Crippen LogP contribution in [0.4, 0.5) is 0 Å². The molecule has 0 aliphatic rings. The Balaban J connectivity index is 2.77.